The molecule has 0 saturated heterocycles. The highest BCUT2D eigenvalue weighted by molar-refractivity contribution is 5.56. The maximum atomic E-state index is 5.18. The van der Waals surface area contributed by atoms with E-state index in [1.165, 1.54) is 0 Å². The molecule has 0 atom stereocenters. The van der Waals surface area contributed by atoms with E-state index in [1.54, 1.807) is 7.11 Å². The fourth-order valence-corrected chi connectivity index (χ4v) is 1.07. The van der Waals surface area contributed by atoms with Gasteiger partial charge < -0.3 is 10.1 Å². The van der Waals surface area contributed by atoms with Crippen LogP contribution in [-0.2, 0) is 0 Å². The van der Waals surface area contributed by atoms with E-state index in [0.29, 0.717) is 6.04 Å². The lowest BCUT2D eigenvalue weighted by molar-refractivity contribution is 0.416. The molecule has 0 aliphatic rings. The Bertz CT molecular complexity index is 245. The molecular weight excluding hydrogens is 150 g/mol. The maximum Gasteiger partial charge on any atom is 0.141 e. The minimum atomic E-state index is 0.432. The van der Waals surface area contributed by atoms with Crippen LogP contribution >= 0.6 is 0 Å². The molecule has 0 saturated carbocycles. The monoisotopic (exact) mass is 165 g/mol. The first-order valence-electron chi connectivity index (χ1n) is 4.13. The first-order valence-corrected chi connectivity index (χ1v) is 4.13. The highest BCUT2D eigenvalue weighted by Crippen LogP contribution is 2.23. The minimum Gasteiger partial charge on any atom is -0.495 e. The van der Waals surface area contributed by atoms with Gasteiger partial charge in [0.25, 0.3) is 0 Å². The van der Waals surface area contributed by atoms with Crippen molar-refractivity contribution in [3.05, 3.63) is 24.3 Å². The fraction of sp³-hybridized carbons (Fsp3) is 0.400. The molecule has 0 fully saturated rings. The molecule has 1 N–H and O–H groups in total. The van der Waals surface area contributed by atoms with Gasteiger partial charge in [-0.05, 0) is 26.0 Å². The van der Waals surface area contributed by atoms with Crippen LogP contribution in [0.15, 0.2) is 24.3 Å². The molecule has 1 aromatic carbocycles. The van der Waals surface area contributed by atoms with Crippen molar-refractivity contribution in [3.63, 3.8) is 0 Å². The Morgan fingerprint density at radius 3 is 2.50 bits per heavy atom. The number of para-hydroxylation sites is 2. The van der Waals surface area contributed by atoms with Crippen LogP contribution in [0.3, 0.4) is 0 Å². The van der Waals surface area contributed by atoms with Gasteiger partial charge in [0, 0.05) is 6.04 Å². The van der Waals surface area contributed by atoms with Gasteiger partial charge in [0.2, 0.25) is 0 Å². The summed E-state index contributed by atoms with van der Waals surface area (Å²) < 4.78 is 5.18. The van der Waals surface area contributed by atoms with Gasteiger partial charge in [0.15, 0.2) is 0 Å². The molecule has 0 spiro atoms. The Kier molecular flexibility index (Phi) is 2.97. The molecule has 0 unspecified atom stereocenters. The molecule has 66 valence electrons. The first kappa shape index (κ1) is 8.91. The number of hydrogen-bond donors (Lipinski definition) is 1. The van der Waals surface area contributed by atoms with E-state index in [2.05, 4.69) is 19.2 Å². The second-order valence-electron chi connectivity index (χ2n) is 3.00. The van der Waals surface area contributed by atoms with Gasteiger partial charge in [0.1, 0.15) is 5.75 Å². The lowest BCUT2D eigenvalue weighted by Gasteiger charge is -2.13. The van der Waals surface area contributed by atoms with Crippen LogP contribution in [0.4, 0.5) is 5.69 Å². The van der Waals surface area contributed by atoms with E-state index >= 15 is 0 Å². The van der Waals surface area contributed by atoms with Crippen molar-refractivity contribution in [1.29, 1.82) is 0 Å². The Labute approximate surface area is 73.6 Å². The molecule has 1 rings (SSSR count). The molecule has 0 aliphatic carbocycles. The van der Waals surface area contributed by atoms with Crippen molar-refractivity contribution in [3.8, 4) is 5.75 Å². The molecule has 0 radical (unpaired) electrons. The van der Waals surface area contributed by atoms with Crippen LogP contribution in [0.25, 0.3) is 0 Å². The van der Waals surface area contributed by atoms with Crippen molar-refractivity contribution in [2.45, 2.75) is 19.9 Å². The van der Waals surface area contributed by atoms with Crippen LogP contribution < -0.4 is 10.1 Å². The van der Waals surface area contributed by atoms with E-state index in [-0.39, 0.29) is 0 Å². The summed E-state index contributed by atoms with van der Waals surface area (Å²) >= 11 is 0. The number of rotatable bonds is 3. The van der Waals surface area contributed by atoms with Crippen LogP contribution in [0.5, 0.6) is 5.75 Å². The number of nitrogens with one attached hydrogen (secondary N) is 1. The molecule has 2 heteroatoms. The topological polar surface area (TPSA) is 21.3 Å². The van der Waals surface area contributed by atoms with Crippen LogP contribution in [0, 0.1) is 0 Å². The molecule has 0 bridgehead atoms. The molecule has 12 heavy (non-hydrogen) atoms. The third kappa shape index (κ3) is 2.16. The van der Waals surface area contributed by atoms with Gasteiger partial charge in [-0.1, -0.05) is 12.1 Å². The zero-order valence-electron chi connectivity index (χ0n) is 7.79. The molecule has 1 aromatic rings. The molecule has 2 nitrogen and oxygen atoms in total. The van der Waals surface area contributed by atoms with E-state index in [9.17, 15) is 0 Å². The highest BCUT2D eigenvalue weighted by atomic mass is 16.5. The number of anilines is 1. The smallest absolute Gasteiger partial charge is 0.141 e. The van der Waals surface area contributed by atoms with Gasteiger partial charge >= 0.3 is 0 Å². The van der Waals surface area contributed by atoms with Crippen molar-refractivity contribution in [2.75, 3.05) is 12.4 Å². The summed E-state index contributed by atoms with van der Waals surface area (Å²) in [5.41, 5.74) is 1.05. The lowest BCUT2D eigenvalue weighted by Crippen LogP contribution is -2.10. The summed E-state index contributed by atoms with van der Waals surface area (Å²) in [5, 5.41) is 3.30. The number of hydrogen-bond acceptors (Lipinski definition) is 2. The normalized spacial score (nSPS) is 10.0. The molecule has 0 heterocycles. The average molecular weight is 165 g/mol. The van der Waals surface area contributed by atoms with Crippen molar-refractivity contribution >= 4 is 5.69 Å². The standard InChI is InChI=1S/C10H15NO/c1-8(2)11-9-6-4-5-7-10(9)12-3/h4-8,11H,1-3H3. The molecule has 0 aromatic heterocycles. The van der Waals surface area contributed by atoms with Crippen molar-refractivity contribution in [1.82, 2.24) is 0 Å². The number of benzene rings is 1. The van der Waals surface area contributed by atoms with Gasteiger partial charge in [0.05, 0.1) is 12.8 Å². The third-order valence-electron chi connectivity index (χ3n) is 1.55. The predicted molar refractivity (Wildman–Crippen MR) is 51.8 cm³/mol. The molecule has 0 amide bonds. The first-order chi connectivity index (χ1) is 5.74. The molecule has 0 aliphatic heterocycles. The predicted octanol–water partition coefficient (Wildman–Crippen LogP) is 2.52. The van der Waals surface area contributed by atoms with E-state index < -0.39 is 0 Å². The van der Waals surface area contributed by atoms with Crippen LogP contribution in [0.1, 0.15) is 13.8 Å². The SMILES string of the molecule is COc1ccccc1NC(C)C. The fourth-order valence-electron chi connectivity index (χ4n) is 1.07. The lowest BCUT2D eigenvalue weighted by atomic mass is 10.2. The Hall–Kier alpha value is -1.18. The largest absolute Gasteiger partial charge is 0.495 e. The Balaban J connectivity index is 2.82. The zero-order valence-corrected chi connectivity index (χ0v) is 7.79. The van der Waals surface area contributed by atoms with Gasteiger partial charge in [-0.3, -0.25) is 0 Å². The summed E-state index contributed by atoms with van der Waals surface area (Å²) in [4.78, 5) is 0. The summed E-state index contributed by atoms with van der Waals surface area (Å²) in [6.07, 6.45) is 0. The molecular formula is C10H15NO. The van der Waals surface area contributed by atoms with Crippen LogP contribution in [0.2, 0.25) is 0 Å². The van der Waals surface area contributed by atoms with Gasteiger partial charge in [-0.2, -0.15) is 0 Å². The average Bonchev–Trinajstić information content (AvgIpc) is 2.04. The van der Waals surface area contributed by atoms with Gasteiger partial charge in [-0.15, -0.1) is 0 Å². The minimum absolute atomic E-state index is 0.432. The summed E-state index contributed by atoms with van der Waals surface area (Å²) in [6.45, 7) is 4.21. The summed E-state index contributed by atoms with van der Waals surface area (Å²) in [7, 11) is 1.68. The third-order valence-corrected chi connectivity index (χ3v) is 1.55. The van der Waals surface area contributed by atoms with Crippen molar-refractivity contribution < 1.29 is 4.74 Å². The van der Waals surface area contributed by atoms with E-state index in [1.807, 2.05) is 24.3 Å². The summed E-state index contributed by atoms with van der Waals surface area (Å²) in [6, 6.07) is 8.35. The highest BCUT2D eigenvalue weighted by Gasteiger charge is 2.00. The quantitative estimate of drug-likeness (QED) is 0.743. The second-order valence-corrected chi connectivity index (χ2v) is 3.00. The van der Waals surface area contributed by atoms with Gasteiger partial charge in [-0.25, -0.2) is 0 Å². The Morgan fingerprint density at radius 1 is 1.25 bits per heavy atom. The Morgan fingerprint density at radius 2 is 1.92 bits per heavy atom. The summed E-state index contributed by atoms with van der Waals surface area (Å²) in [5.74, 6) is 0.895. The van der Waals surface area contributed by atoms with E-state index in [0.717, 1.165) is 11.4 Å². The van der Waals surface area contributed by atoms with E-state index in [4.69, 9.17) is 4.74 Å². The van der Waals surface area contributed by atoms with Crippen molar-refractivity contribution in [2.24, 2.45) is 0 Å². The zero-order chi connectivity index (χ0) is 8.97. The second kappa shape index (κ2) is 4.00. The maximum absolute atomic E-state index is 5.18. The van der Waals surface area contributed by atoms with Crippen LogP contribution in [-0.4, -0.2) is 13.2 Å². The number of methoxy groups -OCH3 is 1. The number of ether oxygens (including phenoxy) is 1.